The zero-order chi connectivity index (χ0) is 13.9. The zero-order valence-electron chi connectivity index (χ0n) is 11.4. The van der Waals surface area contributed by atoms with Crippen molar-refractivity contribution in [2.75, 3.05) is 18.5 Å². The average molecular weight is 276 g/mol. The molecule has 1 aromatic rings. The van der Waals surface area contributed by atoms with E-state index in [1.165, 1.54) is 0 Å². The molecule has 2 aliphatic rings. The summed E-state index contributed by atoms with van der Waals surface area (Å²) in [5, 5.41) is 16.1. The monoisotopic (exact) mass is 276 g/mol. The molecule has 0 aromatic heterocycles. The summed E-state index contributed by atoms with van der Waals surface area (Å²) >= 11 is 0. The van der Waals surface area contributed by atoms with Gasteiger partial charge in [-0.3, -0.25) is 4.79 Å². The molecule has 108 valence electrons. The van der Waals surface area contributed by atoms with E-state index in [0.29, 0.717) is 17.9 Å². The van der Waals surface area contributed by atoms with Gasteiger partial charge in [0.2, 0.25) is 0 Å². The number of carbonyl (C=O) groups is 1. The lowest BCUT2D eigenvalue weighted by atomic mass is 9.92. The van der Waals surface area contributed by atoms with E-state index in [1.54, 1.807) is 6.07 Å². The van der Waals surface area contributed by atoms with Gasteiger partial charge >= 0.3 is 0 Å². The summed E-state index contributed by atoms with van der Waals surface area (Å²) < 4.78 is 5.61. The first-order chi connectivity index (χ1) is 9.75. The van der Waals surface area contributed by atoms with Crippen LogP contribution in [0.1, 0.15) is 36.0 Å². The lowest BCUT2D eigenvalue weighted by Gasteiger charge is -2.29. The SMILES string of the molecule is O=C(NC1CCCCC1O)c1cccc2c1OCCN2. The van der Waals surface area contributed by atoms with Crippen molar-refractivity contribution in [1.82, 2.24) is 5.32 Å². The number of carbonyl (C=O) groups excluding carboxylic acids is 1. The Labute approximate surface area is 118 Å². The van der Waals surface area contributed by atoms with Crippen LogP contribution in [0.4, 0.5) is 5.69 Å². The fraction of sp³-hybridized carbons (Fsp3) is 0.533. The number of nitrogens with one attached hydrogen (secondary N) is 2. The second-order valence-corrected chi connectivity index (χ2v) is 5.39. The molecule has 0 bridgehead atoms. The van der Waals surface area contributed by atoms with Crippen molar-refractivity contribution in [1.29, 1.82) is 0 Å². The van der Waals surface area contributed by atoms with Crippen LogP contribution in [-0.4, -0.2) is 36.3 Å². The minimum absolute atomic E-state index is 0.149. The quantitative estimate of drug-likeness (QED) is 0.766. The molecular formula is C15H20N2O3. The van der Waals surface area contributed by atoms with Crippen LogP contribution in [0, 0.1) is 0 Å². The maximum absolute atomic E-state index is 12.4. The fourth-order valence-electron chi connectivity index (χ4n) is 2.88. The number of fused-ring (bicyclic) bond motifs is 1. The number of benzene rings is 1. The zero-order valence-corrected chi connectivity index (χ0v) is 11.4. The molecule has 3 rings (SSSR count). The van der Waals surface area contributed by atoms with E-state index >= 15 is 0 Å². The normalized spacial score (nSPS) is 25.1. The summed E-state index contributed by atoms with van der Waals surface area (Å²) in [4.78, 5) is 12.4. The molecule has 1 saturated carbocycles. The molecular weight excluding hydrogens is 256 g/mol. The summed E-state index contributed by atoms with van der Waals surface area (Å²) in [6.07, 6.45) is 3.23. The van der Waals surface area contributed by atoms with Gasteiger partial charge in [0.15, 0.2) is 5.75 Å². The van der Waals surface area contributed by atoms with Gasteiger partial charge in [-0.2, -0.15) is 0 Å². The van der Waals surface area contributed by atoms with E-state index in [0.717, 1.165) is 37.9 Å². The molecule has 1 aromatic carbocycles. The second kappa shape index (κ2) is 5.71. The van der Waals surface area contributed by atoms with E-state index in [2.05, 4.69) is 10.6 Å². The Morgan fingerprint density at radius 3 is 3.05 bits per heavy atom. The number of aliphatic hydroxyl groups excluding tert-OH is 1. The summed E-state index contributed by atoms with van der Waals surface area (Å²) in [7, 11) is 0. The van der Waals surface area contributed by atoms with E-state index in [9.17, 15) is 9.90 Å². The van der Waals surface area contributed by atoms with Gasteiger partial charge in [0.05, 0.1) is 23.4 Å². The van der Waals surface area contributed by atoms with E-state index in [4.69, 9.17) is 4.74 Å². The first kappa shape index (κ1) is 13.2. The highest BCUT2D eigenvalue weighted by Crippen LogP contribution is 2.31. The Balaban J connectivity index is 1.77. The topological polar surface area (TPSA) is 70.6 Å². The molecule has 1 heterocycles. The molecule has 1 fully saturated rings. The van der Waals surface area contributed by atoms with Gasteiger partial charge in [-0.05, 0) is 25.0 Å². The van der Waals surface area contributed by atoms with Gasteiger partial charge in [0, 0.05) is 6.54 Å². The molecule has 3 N–H and O–H groups in total. The van der Waals surface area contributed by atoms with Gasteiger partial charge in [-0.25, -0.2) is 0 Å². The van der Waals surface area contributed by atoms with Gasteiger partial charge in [0.25, 0.3) is 5.91 Å². The highest BCUT2D eigenvalue weighted by Gasteiger charge is 2.26. The second-order valence-electron chi connectivity index (χ2n) is 5.39. The highest BCUT2D eigenvalue weighted by molar-refractivity contribution is 5.99. The minimum Gasteiger partial charge on any atom is -0.489 e. The third-order valence-corrected chi connectivity index (χ3v) is 3.97. The standard InChI is InChI=1S/C15H20N2O3/c18-13-7-2-1-5-11(13)17-15(19)10-4-3-6-12-14(10)20-9-8-16-12/h3-4,6,11,13,16,18H,1-2,5,7-9H2,(H,17,19). The van der Waals surface area contributed by atoms with E-state index in [-0.39, 0.29) is 11.9 Å². The number of amides is 1. The van der Waals surface area contributed by atoms with Crippen molar-refractivity contribution in [2.24, 2.45) is 0 Å². The fourth-order valence-corrected chi connectivity index (χ4v) is 2.88. The van der Waals surface area contributed by atoms with Gasteiger partial charge in [-0.15, -0.1) is 0 Å². The van der Waals surface area contributed by atoms with Crippen molar-refractivity contribution < 1.29 is 14.6 Å². The smallest absolute Gasteiger partial charge is 0.255 e. The molecule has 0 radical (unpaired) electrons. The minimum atomic E-state index is -0.439. The molecule has 1 amide bonds. The third kappa shape index (κ3) is 2.58. The molecule has 0 saturated heterocycles. The third-order valence-electron chi connectivity index (χ3n) is 3.97. The Bertz CT molecular complexity index is 504. The maximum Gasteiger partial charge on any atom is 0.255 e. The molecule has 20 heavy (non-hydrogen) atoms. The lowest BCUT2D eigenvalue weighted by molar-refractivity contribution is 0.0714. The number of ether oxygens (including phenoxy) is 1. The Hall–Kier alpha value is -1.75. The number of hydrogen-bond acceptors (Lipinski definition) is 4. The predicted octanol–water partition coefficient (Wildman–Crippen LogP) is 1.52. The summed E-state index contributed by atoms with van der Waals surface area (Å²) in [5.74, 6) is 0.443. The number of hydrogen-bond donors (Lipinski definition) is 3. The molecule has 0 spiro atoms. The van der Waals surface area contributed by atoms with E-state index < -0.39 is 6.10 Å². The van der Waals surface area contributed by atoms with Gasteiger partial charge in [0.1, 0.15) is 6.61 Å². The molecule has 2 atom stereocenters. The Kier molecular flexibility index (Phi) is 3.78. The predicted molar refractivity (Wildman–Crippen MR) is 76.2 cm³/mol. The largest absolute Gasteiger partial charge is 0.489 e. The van der Waals surface area contributed by atoms with Crippen LogP contribution in [0.5, 0.6) is 5.75 Å². The number of rotatable bonds is 2. The average Bonchev–Trinajstić information content (AvgIpc) is 2.49. The van der Waals surface area contributed by atoms with Crippen molar-refractivity contribution in [2.45, 2.75) is 37.8 Å². The van der Waals surface area contributed by atoms with Crippen LogP contribution in [0.15, 0.2) is 18.2 Å². The van der Waals surface area contributed by atoms with Crippen LogP contribution in [0.25, 0.3) is 0 Å². The van der Waals surface area contributed by atoms with Crippen LogP contribution in [-0.2, 0) is 0 Å². The van der Waals surface area contributed by atoms with Gasteiger partial charge in [-0.1, -0.05) is 18.9 Å². The van der Waals surface area contributed by atoms with Crippen molar-refractivity contribution in [3.8, 4) is 5.75 Å². The number of anilines is 1. The van der Waals surface area contributed by atoms with Gasteiger partial charge < -0.3 is 20.5 Å². The Morgan fingerprint density at radius 2 is 2.20 bits per heavy atom. The van der Waals surface area contributed by atoms with Crippen LogP contribution < -0.4 is 15.4 Å². The van der Waals surface area contributed by atoms with Crippen molar-refractivity contribution in [3.63, 3.8) is 0 Å². The van der Waals surface area contributed by atoms with Crippen LogP contribution in [0.3, 0.4) is 0 Å². The number of aliphatic hydroxyl groups is 1. The van der Waals surface area contributed by atoms with Crippen molar-refractivity contribution >= 4 is 11.6 Å². The molecule has 1 aliphatic heterocycles. The van der Waals surface area contributed by atoms with E-state index in [1.807, 2.05) is 12.1 Å². The highest BCUT2D eigenvalue weighted by atomic mass is 16.5. The van der Waals surface area contributed by atoms with Crippen LogP contribution >= 0.6 is 0 Å². The number of para-hydroxylation sites is 1. The first-order valence-electron chi connectivity index (χ1n) is 7.24. The van der Waals surface area contributed by atoms with Crippen LogP contribution in [0.2, 0.25) is 0 Å². The molecule has 5 heteroatoms. The maximum atomic E-state index is 12.4. The first-order valence-corrected chi connectivity index (χ1v) is 7.24. The lowest BCUT2D eigenvalue weighted by Crippen LogP contribution is -2.45. The molecule has 1 aliphatic carbocycles. The molecule has 2 unspecified atom stereocenters. The Morgan fingerprint density at radius 1 is 1.35 bits per heavy atom. The summed E-state index contributed by atoms with van der Waals surface area (Å²) in [6, 6.07) is 5.35. The summed E-state index contributed by atoms with van der Waals surface area (Å²) in [6.45, 7) is 1.31. The molecule has 5 nitrogen and oxygen atoms in total. The van der Waals surface area contributed by atoms with Crippen molar-refractivity contribution in [3.05, 3.63) is 23.8 Å². The summed E-state index contributed by atoms with van der Waals surface area (Å²) in [5.41, 5.74) is 1.39.